The largest absolute Gasteiger partial charge is 0.481 e. The molecule has 2 heterocycles. The molecular weight excluding hydrogens is 266 g/mol. The van der Waals surface area contributed by atoms with E-state index in [1.54, 1.807) is 6.07 Å². The smallest absolute Gasteiger partial charge is 0.309 e. The van der Waals surface area contributed by atoms with Gasteiger partial charge >= 0.3 is 11.9 Å². The third-order valence-electron chi connectivity index (χ3n) is 3.50. The van der Waals surface area contributed by atoms with Crippen LogP contribution in [0.2, 0.25) is 0 Å². The van der Waals surface area contributed by atoms with Crippen LogP contribution in [-0.4, -0.2) is 56.2 Å². The summed E-state index contributed by atoms with van der Waals surface area (Å²) in [5.74, 6) is -4.55. The highest BCUT2D eigenvalue weighted by Crippen LogP contribution is 2.24. The first-order valence-electron chi connectivity index (χ1n) is 6.20. The third-order valence-corrected chi connectivity index (χ3v) is 3.50. The zero-order chi connectivity index (χ0) is 14.7. The molecule has 2 rings (SSSR count). The number of carbonyl (C=O) groups excluding carboxylic acids is 1. The molecule has 1 aliphatic rings. The second-order valence-corrected chi connectivity index (χ2v) is 4.78. The maximum Gasteiger partial charge on any atom is 0.309 e. The van der Waals surface area contributed by atoms with Gasteiger partial charge in [0.15, 0.2) is 0 Å². The number of nitrogens with zero attached hydrogens (tertiary/aromatic N) is 2. The zero-order valence-corrected chi connectivity index (χ0v) is 10.7. The van der Waals surface area contributed by atoms with E-state index in [0.717, 1.165) is 0 Å². The van der Waals surface area contributed by atoms with Gasteiger partial charge in [0.2, 0.25) is 5.91 Å². The zero-order valence-electron chi connectivity index (χ0n) is 10.7. The van der Waals surface area contributed by atoms with Crippen molar-refractivity contribution in [2.75, 3.05) is 13.1 Å². The normalized spacial score (nSPS) is 22.5. The van der Waals surface area contributed by atoms with E-state index in [9.17, 15) is 14.4 Å². The van der Waals surface area contributed by atoms with Crippen molar-refractivity contribution in [3.8, 4) is 0 Å². The molecule has 2 atom stereocenters. The van der Waals surface area contributed by atoms with Crippen LogP contribution >= 0.6 is 0 Å². The molecule has 1 saturated heterocycles. The predicted octanol–water partition coefficient (Wildman–Crippen LogP) is -0.414. The van der Waals surface area contributed by atoms with E-state index in [1.807, 2.05) is 0 Å². The number of amides is 1. The van der Waals surface area contributed by atoms with Crippen molar-refractivity contribution in [3.05, 3.63) is 18.0 Å². The summed E-state index contributed by atoms with van der Waals surface area (Å²) >= 11 is 0. The van der Waals surface area contributed by atoms with Gasteiger partial charge < -0.3 is 15.1 Å². The lowest BCUT2D eigenvalue weighted by Crippen LogP contribution is -2.49. The minimum atomic E-state index is -1.18. The maximum absolute atomic E-state index is 12.0. The fourth-order valence-electron chi connectivity index (χ4n) is 2.38. The van der Waals surface area contributed by atoms with Crippen molar-refractivity contribution in [2.24, 2.45) is 11.8 Å². The number of carboxylic acid groups (broad SMARTS) is 2. The predicted molar refractivity (Wildman–Crippen MR) is 65.7 cm³/mol. The van der Waals surface area contributed by atoms with Crippen molar-refractivity contribution in [1.29, 1.82) is 0 Å². The van der Waals surface area contributed by atoms with Crippen LogP contribution in [0.5, 0.6) is 0 Å². The number of H-pyrrole nitrogens is 1. The number of hydrogen-bond donors (Lipinski definition) is 3. The molecule has 1 aromatic heterocycles. The topological polar surface area (TPSA) is 124 Å². The van der Waals surface area contributed by atoms with Crippen molar-refractivity contribution in [1.82, 2.24) is 15.1 Å². The van der Waals surface area contributed by atoms with E-state index in [0.29, 0.717) is 5.69 Å². The molecule has 0 aromatic carbocycles. The Balaban J connectivity index is 2.02. The molecule has 1 fully saturated rings. The first kappa shape index (κ1) is 14.0. The number of carbonyl (C=O) groups is 3. The minimum absolute atomic E-state index is 0.0702. The summed E-state index contributed by atoms with van der Waals surface area (Å²) in [6.07, 6.45) is 1.78. The number of carboxylic acids is 2. The number of nitrogens with one attached hydrogen (secondary N) is 1. The molecule has 8 nitrogen and oxygen atoms in total. The van der Waals surface area contributed by atoms with Crippen LogP contribution in [0.25, 0.3) is 0 Å². The first-order chi connectivity index (χ1) is 9.49. The molecule has 2 unspecified atom stereocenters. The quantitative estimate of drug-likeness (QED) is 0.689. The minimum Gasteiger partial charge on any atom is -0.481 e. The lowest BCUT2D eigenvalue weighted by Gasteiger charge is -2.34. The third kappa shape index (κ3) is 2.95. The summed E-state index contributed by atoms with van der Waals surface area (Å²) in [6.45, 7) is 0.187. The van der Waals surface area contributed by atoms with E-state index < -0.39 is 23.8 Å². The number of aromatic amines is 1. The highest BCUT2D eigenvalue weighted by molar-refractivity contribution is 5.83. The number of rotatable bonds is 4. The SMILES string of the molecule is O=C(O)C1CCN(C(=O)Cc2ccn[nH]2)CC1C(=O)O. The molecule has 1 aliphatic heterocycles. The highest BCUT2D eigenvalue weighted by Gasteiger charge is 2.39. The Hall–Kier alpha value is -2.38. The van der Waals surface area contributed by atoms with Gasteiger partial charge in [-0.25, -0.2) is 0 Å². The van der Waals surface area contributed by atoms with Crippen molar-refractivity contribution in [3.63, 3.8) is 0 Å². The van der Waals surface area contributed by atoms with E-state index in [1.165, 1.54) is 11.1 Å². The summed E-state index contributed by atoms with van der Waals surface area (Å²) in [5, 5.41) is 24.5. The van der Waals surface area contributed by atoms with Crippen LogP contribution in [0.4, 0.5) is 0 Å². The number of hydrogen-bond acceptors (Lipinski definition) is 4. The van der Waals surface area contributed by atoms with Gasteiger partial charge in [-0.2, -0.15) is 5.10 Å². The molecule has 3 N–H and O–H groups in total. The van der Waals surface area contributed by atoms with Crippen LogP contribution in [0.15, 0.2) is 12.3 Å². The molecular formula is C12H15N3O5. The van der Waals surface area contributed by atoms with Gasteiger partial charge in [0, 0.05) is 25.0 Å². The van der Waals surface area contributed by atoms with Gasteiger partial charge in [-0.3, -0.25) is 19.5 Å². The Morgan fingerprint density at radius 1 is 1.30 bits per heavy atom. The molecule has 8 heteroatoms. The Labute approximate surface area is 114 Å². The lowest BCUT2D eigenvalue weighted by atomic mass is 9.85. The number of aliphatic carboxylic acids is 2. The molecule has 0 bridgehead atoms. The van der Waals surface area contributed by atoms with E-state index in [4.69, 9.17) is 10.2 Å². The van der Waals surface area contributed by atoms with Crippen molar-refractivity contribution < 1.29 is 24.6 Å². The lowest BCUT2D eigenvalue weighted by molar-refractivity contribution is -0.159. The maximum atomic E-state index is 12.0. The summed E-state index contributed by atoms with van der Waals surface area (Å²) in [5.41, 5.74) is 0.641. The van der Waals surface area contributed by atoms with E-state index in [-0.39, 0.29) is 31.8 Å². The fraction of sp³-hybridized carbons (Fsp3) is 0.500. The van der Waals surface area contributed by atoms with Crippen LogP contribution < -0.4 is 0 Å². The highest BCUT2D eigenvalue weighted by atomic mass is 16.4. The van der Waals surface area contributed by atoms with Gasteiger partial charge in [0.05, 0.1) is 18.3 Å². The number of likely N-dealkylation sites (tertiary alicyclic amines) is 1. The molecule has 1 aromatic rings. The summed E-state index contributed by atoms with van der Waals surface area (Å²) < 4.78 is 0. The Morgan fingerprint density at radius 2 is 2.00 bits per heavy atom. The molecule has 1 amide bonds. The number of piperidine rings is 1. The van der Waals surface area contributed by atoms with Crippen molar-refractivity contribution >= 4 is 17.8 Å². The van der Waals surface area contributed by atoms with Gasteiger partial charge in [-0.15, -0.1) is 0 Å². The average Bonchev–Trinajstić information content (AvgIpc) is 2.90. The Kier molecular flexibility index (Phi) is 4.02. The van der Waals surface area contributed by atoms with Crippen molar-refractivity contribution in [2.45, 2.75) is 12.8 Å². The molecule has 0 saturated carbocycles. The molecule has 0 aliphatic carbocycles. The van der Waals surface area contributed by atoms with Gasteiger partial charge in [-0.1, -0.05) is 0 Å². The van der Waals surface area contributed by atoms with Crippen LogP contribution in [0.3, 0.4) is 0 Å². The first-order valence-corrected chi connectivity index (χ1v) is 6.20. The number of aromatic nitrogens is 2. The molecule has 0 spiro atoms. The van der Waals surface area contributed by atoms with E-state index >= 15 is 0 Å². The van der Waals surface area contributed by atoms with Gasteiger partial charge in [0.25, 0.3) is 0 Å². The Bertz CT molecular complexity index is 513. The molecule has 0 radical (unpaired) electrons. The summed E-state index contributed by atoms with van der Waals surface area (Å²) in [7, 11) is 0. The van der Waals surface area contributed by atoms with Crippen LogP contribution in [0, 0.1) is 11.8 Å². The second-order valence-electron chi connectivity index (χ2n) is 4.78. The molecule has 20 heavy (non-hydrogen) atoms. The Morgan fingerprint density at radius 3 is 2.55 bits per heavy atom. The fourth-order valence-corrected chi connectivity index (χ4v) is 2.38. The van der Waals surface area contributed by atoms with Crippen LogP contribution in [0.1, 0.15) is 12.1 Å². The monoisotopic (exact) mass is 281 g/mol. The summed E-state index contributed by atoms with van der Waals surface area (Å²) in [4.78, 5) is 35.6. The summed E-state index contributed by atoms with van der Waals surface area (Å²) in [6, 6.07) is 1.66. The average molecular weight is 281 g/mol. The standard InChI is InChI=1S/C12H15N3O5/c16-10(5-7-1-3-13-14-7)15-4-2-8(11(17)18)9(6-15)12(19)20/h1,3,8-9H,2,4-6H2,(H,13,14)(H,17,18)(H,19,20). The van der Waals surface area contributed by atoms with Gasteiger partial charge in [-0.05, 0) is 12.5 Å². The van der Waals surface area contributed by atoms with Gasteiger partial charge in [0.1, 0.15) is 0 Å². The van der Waals surface area contributed by atoms with E-state index in [2.05, 4.69) is 10.2 Å². The second kappa shape index (κ2) is 5.72. The van der Waals surface area contributed by atoms with Crippen LogP contribution in [-0.2, 0) is 20.8 Å². The molecule has 108 valence electrons.